The van der Waals surface area contributed by atoms with Gasteiger partial charge < -0.3 is 20.9 Å². The number of ether oxygens (including phenoxy) is 1. The zero-order valence-electron chi connectivity index (χ0n) is 9.49. The van der Waals surface area contributed by atoms with E-state index in [1.807, 2.05) is 12.1 Å². The Balaban J connectivity index is 2.01. The number of anilines is 2. The molecule has 16 heavy (non-hydrogen) atoms. The van der Waals surface area contributed by atoms with Crippen molar-refractivity contribution in [2.24, 2.45) is 5.41 Å². The quantitative estimate of drug-likeness (QED) is 0.660. The number of aliphatic hydroxyl groups is 1. The van der Waals surface area contributed by atoms with Gasteiger partial charge >= 0.3 is 0 Å². The Morgan fingerprint density at radius 3 is 2.75 bits per heavy atom. The van der Waals surface area contributed by atoms with Crippen molar-refractivity contribution in [1.82, 2.24) is 0 Å². The number of hydrogen-bond acceptors (Lipinski definition) is 4. The maximum atomic E-state index is 9.20. The second-order valence-corrected chi connectivity index (χ2v) is 4.51. The topological polar surface area (TPSA) is 67.5 Å². The number of hydrogen-bond donors (Lipinski definition) is 3. The summed E-state index contributed by atoms with van der Waals surface area (Å²) >= 11 is 0. The fourth-order valence-corrected chi connectivity index (χ4v) is 1.70. The van der Waals surface area contributed by atoms with Gasteiger partial charge in [-0.1, -0.05) is 0 Å². The minimum absolute atomic E-state index is 0.0951. The molecule has 2 rings (SSSR count). The van der Waals surface area contributed by atoms with Crippen LogP contribution in [0, 0.1) is 5.41 Å². The van der Waals surface area contributed by atoms with Crippen LogP contribution in [0.1, 0.15) is 12.8 Å². The van der Waals surface area contributed by atoms with Crippen molar-refractivity contribution in [2.45, 2.75) is 12.8 Å². The van der Waals surface area contributed by atoms with Gasteiger partial charge in [-0.05, 0) is 18.9 Å². The normalized spacial score (nSPS) is 16.9. The van der Waals surface area contributed by atoms with Crippen molar-refractivity contribution < 1.29 is 9.84 Å². The molecule has 0 bridgehead atoms. The van der Waals surface area contributed by atoms with Gasteiger partial charge in [-0.25, -0.2) is 0 Å². The Kier molecular flexibility index (Phi) is 2.92. The van der Waals surface area contributed by atoms with Gasteiger partial charge in [-0.15, -0.1) is 0 Å². The van der Waals surface area contributed by atoms with Gasteiger partial charge in [0.05, 0.1) is 13.7 Å². The van der Waals surface area contributed by atoms with Gasteiger partial charge in [0.1, 0.15) is 5.75 Å². The highest BCUT2D eigenvalue weighted by Crippen LogP contribution is 2.45. The molecule has 0 saturated heterocycles. The van der Waals surface area contributed by atoms with E-state index in [2.05, 4.69) is 5.32 Å². The standard InChI is InChI=1S/C12H18N2O2/c1-16-11-5-9(13)4-10(6-11)14-7-12(8-15)2-3-12/h4-6,14-15H,2-3,7-8,13H2,1H3. The van der Waals surface area contributed by atoms with Crippen molar-refractivity contribution >= 4 is 11.4 Å². The molecule has 1 aliphatic rings. The van der Waals surface area contributed by atoms with Crippen molar-refractivity contribution in [3.63, 3.8) is 0 Å². The first-order chi connectivity index (χ1) is 7.67. The molecule has 88 valence electrons. The van der Waals surface area contributed by atoms with E-state index in [1.165, 1.54) is 0 Å². The van der Waals surface area contributed by atoms with Crippen LogP contribution in [0.2, 0.25) is 0 Å². The molecular formula is C12H18N2O2. The second-order valence-electron chi connectivity index (χ2n) is 4.51. The molecule has 4 heteroatoms. The molecule has 1 saturated carbocycles. The molecule has 0 atom stereocenters. The summed E-state index contributed by atoms with van der Waals surface area (Å²) in [5, 5.41) is 12.5. The molecule has 1 aromatic carbocycles. The lowest BCUT2D eigenvalue weighted by molar-refractivity contribution is 0.220. The summed E-state index contributed by atoms with van der Waals surface area (Å²) in [5.41, 5.74) is 7.47. The highest BCUT2D eigenvalue weighted by molar-refractivity contribution is 5.59. The molecule has 0 aliphatic heterocycles. The minimum Gasteiger partial charge on any atom is -0.497 e. The van der Waals surface area contributed by atoms with Gasteiger partial charge in [0.15, 0.2) is 0 Å². The summed E-state index contributed by atoms with van der Waals surface area (Å²) in [6, 6.07) is 5.56. The molecule has 0 radical (unpaired) electrons. The Bertz CT molecular complexity index is 375. The largest absolute Gasteiger partial charge is 0.497 e. The Hall–Kier alpha value is -1.42. The first-order valence-corrected chi connectivity index (χ1v) is 5.47. The smallest absolute Gasteiger partial charge is 0.122 e. The van der Waals surface area contributed by atoms with Crippen LogP contribution in [0.15, 0.2) is 18.2 Å². The molecule has 1 fully saturated rings. The third-order valence-corrected chi connectivity index (χ3v) is 3.12. The van der Waals surface area contributed by atoms with Crippen LogP contribution < -0.4 is 15.8 Å². The third kappa shape index (κ3) is 2.39. The Labute approximate surface area is 95.4 Å². The maximum Gasteiger partial charge on any atom is 0.122 e. The first kappa shape index (κ1) is 11.1. The number of benzene rings is 1. The predicted molar refractivity (Wildman–Crippen MR) is 64.6 cm³/mol. The number of nitrogens with two attached hydrogens (primary N) is 1. The molecule has 0 unspecified atom stereocenters. The van der Waals surface area contributed by atoms with E-state index in [0.717, 1.165) is 30.8 Å². The van der Waals surface area contributed by atoms with Gasteiger partial charge in [0.25, 0.3) is 0 Å². The van der Waals surface area contributed by atoms with Crippen molar-refractivity contribution in [1.29, 1.82) is 0 Å². The molecule has 0 spiro atoms. The van der Waals surface area contributed by atoms with Gasteiger partial charge in [0.2, 0.25) is 0 Å². The average Bonchev–Trinajstić information content (AvgIpc) is 3.06. The van der Waals surface area contributed by atoms with E-state index >= 15 is 0 Å². The molecular weight excluding hydrogens is 204 g/mol. The Morgan fingerprint density at radius 2 is 2.19 bits per heavy atom. The van der Waals surface area contributed by atoms with Crippen LogP contribution >= 0.6 is 0 Å². The summed E-state index contributed by atoms with van der Waals surface area (Å²) in [5.74, 6) is 0.747. The molecule has 0 amide bonds. The second kappa shape index (κ2) is 4.22. The van der Waals surface area contributed by atoms with Crippen LogP contribution in [0.5, 0.6) is 5.75 Å². The molecule has 4 N–H and O–H groups in total. The minimum atomic E-state index is 0.0951. The van der Waals surface area contributed by atoms with Crippen LogP contribution in [0.25, 0.3) is 0 Å². The third-order valence-electron chi connectivity index (χ3n) is 3.12. The highest BCUT2D eigenvalue weighted by Gasteiger charge is 2.41. The lowest BCUT2D eigenvalue weighted by Crippen LogP contribution is -2.19. The average molecular weight is 222 g/mol. The molecule has 0 heterocycles. The van der Waals surface area contributed by atoms with Crippen LogP contribution in [-0.2, 0) is 0 Å². The molecule has 0 aromatic heterocycles. The van der Waals surface area contributed by atoms with Crippen molar-refractivity contribution in [3.8, 4) is 5.75 Å². The predicted octanol–water partition coefficient (Wildman–Crippen LogP) is 1.46. The number of rotatable bonds is 5. The van der Waals surface area contributed by atoms with E-state index in [1.54, 1.807) is 13.2 Å². The van der Waals surface area contributed by atoms with E-state index in [-0.39, 0.29) is 12.0 Å². The summed E-state index contributed by atoms with van der Waals surface area (Å²) in [7, 11) is 1.62. The molecule has 1 aliphatic carbocycles. The number of nitrogens with one attached hydrogen (secondary N) is 1. The Morgan fingerprint density at radius 1 is 1.44 bits per heavy atom. The fourth-order valence-electron chi connectivity index (χ4n) is 1.70. The van der Waals surface area contributed by atoms with Crippen molar-refractivity contribution in [2.75, 3.05) is 31.3 Å². The number of aliphatic hydroxyl groups excluding tert-OH is 1. The maximum absolute atomic E-state index is 9.20. The van der Waals surface area contributed by atoms with Crippen molar-refractivity contribution in [3.05, 3.63) is 18.2 Å². The number of methoxy groups -OCH3 is 1. The fraction of sp³-hybridized carbons (Fsp3) is 0.500. The zero-order chi connectivity index (χ0) is 11.6. The van der Waals surface area contributed by atoms with Gasteiger partial charge in [0, 0.05) is 35.5 Å². The lowest BCUT2D eigenvalue weighted by atomic mass is 10.1. The first-order valence-electron chi connectivity index (χ1n) is 5.47. The van der Waals surface area contributed by atoms with E-state index in [4.69, 9.17) is 10.5 Å². The monoisotopic (exact) mass is 222 g/mol. The highest BCUT2D eigenvalue weighted by atomic mass is 16.5. The van der Waals surface area contributed by atoms with E-state index in [0.29, 0.717) is 5.69 Å². The number of nitrogen functional groups attached to an aromatic ring is 1. The lowest BCUT2D eigenvalue weighted by Gasteiger charge is -2.14. The van der Waals surface area contributed by atoms with Crippen LogP contribution in [0.4, 0.5) is 11.4 Å². The van der Waals surface area contributed by atoms with Crippen LogP contribution in [-0.4, -0.2) is 25.4 Å². The summed E-state index contributed by atoms with van der Waals surface area (Å²) in [6.07, 6.45) is 2.19. The SMILES string of the molecule is COc1cc(N)cc(NCC2(CO)CC2)c1. The van der Waals surface area contributed by atoms with Gasteiger partial charge in [-0.2, -0.15) is 0 Å². The summed E-state index contributed by atoms with van der Waals surface area (Å²) in [4.78, 5) is 0. The summed E-state index contributed by atoms with van der Waals surface area (Å²) in [6.45, 7) is 1.04. The molecule has 1 aromatic rings. The van der Waals surface area contributed by atoms with Gasteiger partial charge in [-0.3, -0.25) is 0 Å². The molecule has 4 nitrogen and oxygen atoms in total. The summed E-state index contributed by atoms with van der Waals surface area (Å²) < 4.78 is 5.14. The van der Waals surface area contributed by atoms with E-state index in [9.17, 15) is 5.11 Å². The van der Waals surface area contributed by atoms with Crippen LogP contribution in [0.3, 0.4) is 0 Å². The zero-order valence-corrected chi connectivity index (χ0v) is 9.49. The van der Waals surface area contributed by atoms with E-state index < -0.39 is 0 Å².